The maximum atomic E-state index is 13.1. The Hall–Kier alpha value is -3.32. The monoisotopic (exact) mass is 460 g/mol. The van der Waals surface area contributed by atoms with Crippen molar-refractivity contribution in [1.29, 1.82) is 0 Å². The fourth-order valence-electron chi connectivity index (χ4n) is 3.80. The highest BCUT2D eigenvalue weighted by Crippen LogP contribution is 2.29. The fraction of sp³-hybridized carbons (Fsp3) is 0.269. The van der Waals surface area contributed by atoms with Crippen molar-refractivity contribution in [2.75, 3.05) is 0 Å². The van der Waals surface area contributed by atoms with Gasteiger partial charge < -0.3 is 9.84 Å². The Labute approximate surface area is 198 Å². The van der Waals surface area contributed by atoms with Crippen LogP contribution in [0.25, 0.3) is 0 Å². The van der Waals surface area contributed by atoms with Crippen LogP contribution >= 0.6 is 11.8 Å². The summed E-state index contributed by atoms with van der Waals surface area (Å²) in [6.07, 6.45) is 0. The highest BCUT2D eigenvalue weighted by atomic mass is 32.2. The number of aryl methyl sites for hydroxylation is 3. The first-order valence-corrected chi connectivity index (χ1v) is 11.9. The molecule has 0 aliphatic heterocycles. The Kier molecular flexibility index (Phi) is 6.99. The lowest BCUT2D eigenvalue weighted by molar-refractivity contribution is 0.0948. The molecule has 0 unspecified atom stereocenters. The summed E-state index contributed by atoms with van der Waals surface area (Å²) in [6, 6.07) is 17.9. The minimum Gasteiger partial charge on any atom is -0.361 e. The minimum absolute atomic E-state index is 0.0912. The molecular formula is C26H28N4O2S. The Balaban J connectivity index is 1.44. The first-order chi connectivity index (χ1) is 15.9. The number of hydrogen-bond acceptors (Lipinski definition) is 5. The average Bonchev–Trinajstić information content (AvgIpc) is 3.28. The number of rotatable bonds is 8. The van der Waals surface area contributed by atoms with Crippen LogP contribution in [0.1, 0.15) is 49.9 Å². The number of aromatic nitrogens is 3. The van der Waals surface area contributed by atoms with E-state index in [0.29, 0.717) is 24.4 Å². The van der Waals surface area contributed by atoms with E-state index in [0.717, 1.165) is 38.9 Å². The third-order valence-electron chi connectivity index (χ3n) is 5.82. The number of nitrogens with one attached hydrogen (secondary N) is 1. The van der Waals surface area contributed by atoms with Gasteiger partial charge in [-0.3, -0.25) is 9.48 Å². The van der Waals surface area contributed by atoms with Crippen LogP contribution in [-0.4, -0.2) is 20.8 Å². The number of hydrogen-bond donors (Lipinski definition) is 1. The first kappa shape index (κ1) is 22.9. The highest BCUT2D eigenvalue weighted by Gasteiger charge is 2.17. The molecule has 4 rings (SSSR count). The molecule has 6 nitrogen and oxygen atoms in total. The molecule has 33 heavy (non-hydrogen) atoms. The van der Waals surface area contributed by atoms with Crippen molar-refractivity contribution in [3.05, 3.63) is 99.7 Å². The molecule has 0 fully saturated rings. The van der Waals surface area contributed by atoms with Gasteiger partial charge in [0, 0.05) is 34.0 Å². The molecule has 170 valence electrons. The van der Waals surface area contributed by atoms with Crippen molar-refractivity contribution in [2.45, 2.75) is 51.4 Å². The number of carbonyl (C=O) groups excluding carboxylic acids is 1. The van der Waals surface area contributed by atoms with Crippen LogP contribution in [0.15, 0.2) is 64.0 Å². The van der Waals surface area contributed by atoms with E-state index in [-0.39, 0.29) is 5.91 Å². The quantitative estimate of drug-likeness (QED) is 0.358. The normalized spacial score (nSPS) is 11.0. The molecule has 0 radical (unpaired) electrons. The molecule has 4 aromatic rings. The lowest BCUT2D eigenvalue weighted by Gasteiger charge is -2.11. The van der Waals surface area contributed by atoms with Gasteiger partial charge in [-0.15, -0.1) is 11.8 Å². The number of carbonyl (C=O) groups is 1. The van der Waals surface area contributed by atoms with Gasteiger partial charge in [0.05, 0.1) is 23.5 Å². The SMILES string of the molecule is Cc1noc(C)c1CSc1ccccc1C(=O)NCc1c(C)nn(Cc2ccccc2)c1C. The van der Waals surface area contributed by atoms with Gasteiger partial charge in [0.2, 0.25) is 0 Å². The van der Waals surface area contributed by atoms with Crippen molar-refractivity contribution < 1.29 is 9.32 Å². The number of benzene rings is 2. The summed E-state index contributed by atoms with van der Waals surface area (Å²) in [5.74, 6) is 1.43. The molecule has 1 amide bonds. The standard InChI is InChI=1S/C26H28N4O2S/c1-17-23(19(3)30(28-17)15-21-10-6-5-7-11-21)14-27-26(31)22-12-8-9-13-25(22)33-16-24-18(2)29-32-20(24)4/h5-13H,14-16H2,1-4H3,(H,27,31). The minimum atomic E-state index is -0.0912. The molecule has 1 N–H and O–H groups in total. The molecule has 0 spiro atoms. The van der Waals surface area contributed by atoms with Gasteiger partial charge in [-0.25, -0.2) is 0 Å². The molecule has 0 atom stereocenters. The summed E-state index contributed by atoms with van der Waals surface area (Å²) in [4.78, 5) is 14.0. The maximum Gasteiger partial charge on any atom is 0.252 e. The zero-order valence-electron chi connectivity index (χ0n) is 19.4. The van der Waals surface area contributed by atoms with Crippen LogP contribution in [0, 0.1) is 27.7 Å². The van der Waals surface area contributed by atoms with Crippen molar-refractivity contribution in [2.24, 2.45) is 0 Å². The molecular weight excluding hydrogens is 432 g/mol. The Morgan fingerprint density at radius 3 is 2.42 bits per heavy atom. The predicted octanol–water partition coefficient (Wildman–Crippen LogP) is 5.38. The summed E-state index contributed by atoms with van der Waals surface area (Å²) in [7, 11) is 0. The van der Waals surface area contributed by atoms with Crippen molar-refractivity contribution >= 4 is 17.7 Å². The van der Waals surface area contributed by atoms with Crippen LogP contribution in [0.2, 0.25) is 0 Å². The summed E-state index contributed by atoms with van der Waals surface area (Å²) in [6.45, 7) is 9.04. The van der Waals surface area contributed by atoms with E-state index in [9.17, 15) is 4.79 Å². The van der Waals surface area contributed by atoms with Crippen LogP contribution in [-0.2, 0) is 18.8 Å². The molecule has 0 aliphatic carbocycles. The highest BCUT2D eigenvalue weighted by molar-refractivity contribution is 7.98. The average molecular weight is 461 g/mol. The largest absolute Gasteiger partial charge is 0.361 e. The zero-order chi connectivity index (χ0) is 23.4. The number of thioether (sulfide) groups is 1. The number of nitrogens with zero attached hydrogens (tertiary/aromatic N) is 3. The van der Waals surface area contributed by atoms with Crippen molar-refractivity contribution in [1.82, 2.24) is 20.3 Å². The smallest absolute Gasteiger partial charge is 0.252 e. The van der Waals surface area contributed by atoms with Gasteiger partial charge in [-0.1, -0.05) is 47.6 Å². The Morgan fingerprint density at radius 1 is 0.970 bits per heavy atom. The van der Waals surface area contributed by atoms with E-state index in [1.807, 2.05) is 67.9 Å². The molecule has 0 saturated carbocycles. The van der Waals surface area contributed by atoms with E-state index >= 15 is 0 Å². The second kappa shape index (κ2) is 10.1. The summed E-state index contributed by atoms with van der Waals surface area (Å²) < 4.78 is 7.26. The molecule has 2 heterocycles. The fourth-order valence-corrected chi connectivity index (χ4v) is 5.01. The zero-order valence-corrected chi connectivity index (χ0v) is 20.2. The Bertz CT molecular complexity index is 1240. The van der Waals surface area contributed by atoms with Crippen LogP contribution in [0.5, 0.6) is 0 Å². The van der Waals surface area contributed by atoms with Gasteiger partial charge in [0.15, 0.2) is 0 Å². The molecule has 0 bridgehead atoms. The van der Waals surface area contributed by atoms with E-state index in [1.165, 1.54) is 5.56 Å². The van der Waals surface area contributed by atoms with Crippen LogP contribution in [0.4, 0.5) is 0 Å². The van der Waals surface area contributed by atoms with E-state index < -0.39 is 0 Å². The molecule has 0 aliphatic rings. The topological polar surface area (TPSA) is 73.0 Å². The van der Waals surface area contributed by atoms with Crippen LogP contribution < -0.4 is 5.32 Å². The van der Waals surface area contributed by atoms with Crippen LogP contribution in [0.3, 0.4) is 0 Å². The second-order valence-electron chi connectivity index (χ2n) is 8.06. The van der Waals surface area contributed by atoms with Gasteiger partial charge in [0.1, 0.15) is 5.76 Å². The third kappa shape index (κ3) is 5.20. The molecule has 0 saturated heterocycles. The van der Waals surface area contributed by atoms with Crippen molar-refractivity contribution in [3.63, 3.8) is 0 Å². The van der Waals surface area contributed by atoms with E-state index in [4.69, 9.17) is 9.62 Å². The number of amides is 1. The Morgan fingerprint density at radius 2 is 1.70 bits per heavy atom. The van der Waals surface area contributed by atoms with Gasteiger partial charge in [-0.2, -0.15) is 5.10 Å². The summed E-state index contributed by atoms with van der Waals surface area (Å²) in [5, 5.41) is 11.8. The molecule has 2 aromatic heterocycles. The lowest BCUT2D eigenvalue weighted by Crippen LogP contribution is -2.24. The first-order valence-electron chi connectivity index (χ1n) is 10.9. The van der Waals surface area contributed by atoms with Gasteiger partial charge in [0.25, 0.3) is 5.91 Å². The van der Waals surface area contributed by atoms with E-state index in [2.05, 4.69) is 29.5 Å². The third-order valence-corrected chi connectivity index (χ3v) is 6.92. The lowest BCUT2D eigenvalue weighted by atomic mass is 10.1. The van der Waals surface area contributed by atoms with Gasteiger partial charge >= 0.3 is 0 Å². The maximum absolute atomic E-state index is 13.1. The second-order valence-corrected chi connectivity index (χ2v) is 9.08. The summed E-state index contributed by atoms with van der Waals surface area (Å²) in [5.41, 5.74) is 6.89. The van der Waals surface area contributed by atoms with Gasteiger partial charge in [-0.05, 0) is 45.4 Å². The molecule has 7 heteroatoms. The summed E-state index contributed by atoms with van der Waals surface area (Å²) >= 11 is 1.62. The molecule has 2 aromatic carbocycles. The predicted molar refractivity (Wildman–Crippen MR) is 130 cm³/mol. The van der Waals surface area contributed by atoms with E-state index in [1.54, 1.807) is 11.8 Å². The van der Waals surface area contributed by atoms with Crippen molar-refractivity contribution in [3.8, 4) is 0 Å².